The van der Waals surface area contributed by atoms with E-state index in [1.54, 1.807) is 6.08 Å². The van der Waals surface area contributed by atoms with Crippen LogP contribution in [-0.4, -0.2) is 11.1 Å². The number of carboxylic acids is 1. The summed E-state index contributed by atoms with van der Waals surface area (Å²) in [6, 6.07) is 9.55. The Bertz CT molecular complexity index is 383. The quantitative estimate of drug-likeness (QED) is 0.787. The lowest BCUT2D eigenvalue weighted by Crippen LogP contribution is -2.11. The number of rotatable bonds is 3. The molecule has 0 unspecified atom stereocenters. The van der Waals surface area contributed by atoms with Crippen molar-refractivity contribution in [1.29, 1.82) is 0 Å². The molecule has 0 saturated carbocycles. The van der Waals surface area contributed by atoms with Gasteiger partial charge in [0.15, 0.2) is 0 Å². The van der Waals surface area contributed by atoms with Gasteiger partial charge in [0.2, 0.25) is 0 Å². The molecule has 0 amide bonds. The second kappa shape index (κ2) is 4.97. The van der Waals surface area contributed by atoms with Crippen LogP contribution in [0.1, 0.15) is 32.8 Å². The van der Waals surface area contributed by atoms with Gasteiger partial charge in [-0.3, -0.25) is 0 Å². The van der Waals surface area contributed by atoms with Gasteiger partial charge < -0.3 is 5.11 Å². The van der Waals surface area contributed by atoms with Crippen LogP contribution in [0.25, 0.3) is 6.08 Å². The molecule has 0 fully saturated rings. The van der Waals surface area contributed by atoms with Crippen molar-refractivity contribution in [2.24, 2.45) is 5.41 Å². The standard InChI is InChI=1S/C14H18O2/c1-14(2,3)10-12(13(15)16)9-11-7-5-4-6-8-11/h4-9H,10H2,1-3H3,(H,15,16). The summed E-state index contributed by atoms with van der Waals surface area (Å²) >= 11 is 0. The fraction of sp³-hybridized carbons (Fsp3) is 0.357. The minimum atomic E-state index is -0.834. The van der Waals surface area contributed by atoms with Gasteiger partial charge in [-0.15, -0.1) is 0 Å². The molecule has 1 rings (SSSR count). The first-order chi connectivity index (χ1) is 7.38. The third kappa shape index (κ3) is 4.30. The van der Waals surface area contributed by atoms with Gasteiger partial charge in [-0.1, -0.05) is 51.1 Å². The normalized spacial score (nSPS) is 12.6. The first-order valence-corrected chi connectivity index (χ1v) is 5.37. The van der Waals surface area contributed by atoms with E-state index >= 15 is 0 Å². The average molecular weight is 218 g/mol. The fourth-order valence-electron chi connectivity index (χ4n) is 1.51. The van der Waals surface area contributed by atoms with Crippen LogP contribution in [0, 0.1) is 5.41 Å². The van der Waals surface area contributed by atoms with E-state index in [1.165, 1.54) is 0 Å². The zero-order valence-corrected chi connectivity index (χ0v) is 10.0. The van der Waals surface area contributed by atoms with E-state index in [-0.39, 0.29) is 5.41 Å². The van der Waals surface area contributed by atoms with Gasteiger partial charge in [0.1, 0.15) is 0 Å². The predicted octanol–water partition coefficient (Wildman–Crippen LogP) is 3.59. The summed E-state index contributed by atoms with van der Waals surface area (Å²) < 4.78 is 0. The Labute approximate surface area is 96.6 Å². The summed E-state index contributed by atoms with van der Waals surface area (Å²) in [5.41, 5.74) is 1.38. The Morgan fingerprint density at radius 1 is 1.25 bits per heavy atom. The second-order valence-electron chi connectivity index (χ2n) is 5.12. The van der Waals surface area contributed by atoms with E-state index in [2.05, 4.69) is 0 Å². The maximum Gasteiger partial charge on any atom is 0.331 e. The monoisotopic (exact) mass is 218 g/mol. The van der Waals surface area contributed by atoms with Crippen molar-refractivity contribution in [3.05, 3.63) is 41.5 Å². The molecule has 1 aromatic carbocycles. The number of hydrogen-bond donors (Lipinski definition) is 1. The van der Waals surface area contributed by atoms with Crippen molar-refractivity contribution in [1.82, 2.24) is 0 Å². The lowest BCUT2D eigenvalue weighted by molar-refractivity contribution is -0.132. The topological polar surface area (TPSA) is 37.3 Å². The van der Waals surface area contributed by atoms with E-state index in [9.17, 15) is 4.79 Å². The van der Waals surface area contributed by atoms with Gasteiger partial charge in [0.05, 0.1) is 0 Å². The SMILES string of the molecule is CC(C)(C)CC(=Cc1ccccc1)C(=O)O. The highest BCUT2D eigenvalue weighted by Crippen LogP contribution is 2.25. The maximum atomic E-state index is 11.1. The summed E-state index contributed by atoms with van der Waals surface area (Å²) in [4.78, 5) is 11.1. The molecule has 86 valence electrons. The summed E-state index contributed by atoms with van der Waals surface area (Å²) in [5, 5.41) is 9.13. The zero-order valence-electron chi connectivity index (χ0n) is 10.0. The number of benzene rings is 1. The molecular weight excluding hydrogens is 200 g/mol. The number of hydrogen-bond acceptors (Lipinski definition) is 1. The van der Waals surface area contributed by atoms with Crippen molar-refractivity contribution in [3.8, 4) is 0 Å². The van der Waals surface area contributed by atoms with E-state index in [0.717, 1.165) is 5.56 Å². The third-order valence-corrected chi connectivity index (χ3v) is 2.14. The van der Waals surface area contributed by atoms with Crippen molar-refractivity contribution >= 4 is 12.0 Å². The number of carbonyl (C=O) groups is 1. The van der Waals surface area contributed by atoms with Crippen molar-refractivity contribution < 1.29 is 9.90 Å². The van der Waals surface area contributed by atoms with E-state index in [4.69, 9.17) is 5.11 Å². The molecule has 1 aromatic rings. The first kappa shape index (κ1) is 12.5. The van der Waals surface area contributed by atoms with Gasteiger partial charge in [-0.2, -0.15) is 0 Å². The molecule has 16 heavy (non-hydrogen) atoms. The van der Waals surface area contributed by atoms with Crippen LogP contribution in [0.2, 0.25) is 0 Å². The van der Waals surface area contributed by atoms with Crippen LogP contribution in [0.5, 0.6) is 0 Å². The zero-order chi connectivity index (χ0) is 12.2. The lowest BCUT2D eigenvalue weighted by atomic mass is 9.87. The second-order valence-corrected chi connectivity index (χ2v) is 5.12. The number of aliphatic carboxylic acids is 1. The van der Waals surface area contributed by atoms with Crippen LogP contribution in [0.4, 0.5) is 0 Å². The minimum Gasteiger partial charge on any atom is -0.478 e. The Morgan fingerprint density at radius 3 is 2.25 bits per heavy atom. The average Bonchev–Trinajstić information content (AvgIpc) is 2.16. The molecule has 0 aliphatic rings. The van der Waals surface area contributed by atoms with Gasteiger partial charge >= 0.3 is 5.97 Å². The van der Waals surface area contributed by atoms with Gasteiger partial charge in [-0.25, -0.2) is 4.79 Å². The third-order valence-electron chi connectivity index (χ3n) is 2.14. The highest BCUT2D eigenvalue weighted by Gasteiger charge is 2.17. The van der Waals surface area contributed by atoms with E-state index < -0.39 is 5.97 Å². The molecule has 0 aromatic heterocycles. The van der Waals surface area contributed by atoms with Crippen LogP contribution in [0.3, 0.4) is 0 Å². The molecular formula is C14H18O2. The van der Waals surface area contributed by atoms with Gasteiger partial charge in [-0.05, 0) is 23.5 Å². The lowest BCUT2D eigenvalue weighted by Gasteiger charge is -2.18. The fourth-order valence-corrected chi connectivity index (χ4v) is 1.51. The van der Waals surface area contributed by atoms with Crippen molar-refractivity contribution in [3.63, 3.8) is 0 Å². The molecule has 0 aliphatic carbocycles. The maximum absolute atomic E-state index is 11.1. The van der Waals surface area contributed by atoms with Crippen molar-refractivity contribution in [2.45, 2.75) is 27.2 Å². The van der Waals surface area contributed by atoms with E-state index in [0.29, 0.717) is 12.0 Å². The molecule has 0 radical (unpaired) electrons. The summed E-state index contributed by atoms with van der Waals surface area (Å²) in [5.74, 6) is -0.834. The molecule has 2 heteroatoms. The smallest absolute Gasteiger partial charge is 0.331 e. The summed E-state index contributed by atoms with van der Waals surface area (Å²) in [6.45, 7) is 6.11. The minimum absolute atomic E-state index is 0.0149. The Hall–Kier alpha value is -1.57. The van der Waals surface area contributed by atoms with Crippen LogP contribution in [0.15, 0.2) is 35.9 Å². The largest absolute Gasteiger partial charge is 0.478 e. The van der Waals surface area contributed by atoms with Crippen LogP contribution >= 0.6 is 0 Å². The first-order valence-electron chi connectivity index (χ1n) is 5.37. The Balaban J connectivity index is 2.95. The number of carboxylic acid groups (broad SMARTS) is 1. The highest BCUT2D eigenvalue weighted by atomic mass is 16.4. The molecule has 0 aliphatic heterocycles. The van der Waals surface area contributed by atoms with E-state index in [1.807, 2.05) is 51.1 Å². The van der Waals surface area contributed by atoms with Gasteiger partial charge in [0, 0.05) is 5.57 Å². The highest BCUT2D eigenvalue weighted by molar-refractivity contribution is 5.92. The molecule has 0 spiro atoms. The summed E-state index contributed by atoms with van der Waals surface area (Å²) in [6.07, 6.45) is 2.31. The Morgan fingerprint density at radius 2 is 1.81 bits per heavy atom. The van der Waals surface area contributed by atoms with Gasteiger partial charge in [0.25, 0.3) is 0 Å². The molecule has 0 atom stereocenters. The molecule has 1 N–H and O–H groups in total. The molecule has 0 bridgehead atoms. The van der Waals surface area contributed by atoms with Crippen molar-refractivity contribution in [2.75, 3.05) is 0 Å². The van der Waals surface area contributed by atoms with Crippen LogP contribution in [-0.2, 0) is 4.79 Å². The summed E-state index contributed by atoms with van der Waals surface area (Å²) in [7, 11) is 0. The van der Waals surface area contributed by atoms with Crippen LogP contribution < -0.4 is 0 Å². The Kier molecular flexibility index (Phi) is 3.88. The molecule has 2 nitrogen and oxygen atoms in total. The molecule has 0 heterocycles. The molecule has 0 saturated heterocycles. The predicted molar refractivity (Wildman–Crippen MR) is 66.1 cm³/mol.